The quantitative estimate of drug-likeness (QED) is 0.460. The molecule has 52 valence electrons. The van der Waals surface area contributed by atoms with Crippen LogP contribution in [-0.2, 0) is 0 Å². The summed E-state index contributed by atoms with van der Waals surface area (Å²) in [5.74, 6) is -0.159. The van der Waals surface area contributed by atoms with Crippen molar-refractivity contribution in [1.82, 2.24) is 0 Å². The van der Waals surface area contributed by atoms with Gasteiger partial charge < -0.3 is 5.73 Å². The van der Waals surface area contributed by atoms with Crippen LogP contribution in [0.3, 0.4) is 0 Å². The zero-order valence-electron chi connectivity index (χ0n) is 5.24. The Bertz CT molecular complexity index is 238. The van der Waals surface area contributed by atoms with E-state index in [0.29, 0.717) is 0 Å². The Labute approximate surface area is 62.7 Å². The largest absolute Gasteiger partial charge is 0.368 e. The molecule has 0 aromatic carbocycles. The third-order valence-electron chi connectivity index (χ3n) is 0.874. The molecule has 0 fully saturated rings. The first-order valence-electron chi connectivity index (χ1n) is 2.70. The minimum Gasteiger partial charge on any atom is -0.368 e. The second kappa shape index (κ2) is 3.12. The Morgan fingerprint density at radius 3 is 3.10 bits per heavy atom. The molecule has 0 aliphatic heterocycles. The van der Waals surface area contributed by atoms with E-state index in [1.54, 1.807) is 17.6 Å². The molecule has 0 radical (unpaired) electrons. The van der Waals surface area contributed by atoms with Gasteiger partial charge in [-0.3, -0.25) is 5.41 Å². The Morgan fingerprint density at radius 1 is 1.80 bits per heavy atom. The zero-order chi connectivity index (χ0) is 7.40. The highest BCUT2D eigenvalue weighted by Gasteiger charge is 1.85. The van der Waals surface area contributed by atoms with Crippen molar-refractivity contribution in [3.05, 3.63) is 22.4 Å². The molecule has 10 heavy (non-hydrogen) atoms. The Hall–Kier alpha value is -1.16. The van der Waals surface area contributed by atoms with E-state index in [1.165, 1.54) is 0 Å². The molecule has 3 nitrogen and oxygen atoms in total. The third-order valence-corrected chi connectivity index (χ3v) is 1.68. The van der Waals surface area contributed by atoms with Crippen LogP contribution in [0, 0.1) is 5.41 Å². The lowest BCUT2D eigenvalue weighted by Gasteiger charge is -1.82. The van der Waals surface area contributed by atoms with Crippen molar-refractivity contribution < 1.29 is 0 Å². The number of rotatable bonds is 1. The highest BCUT2D eigenvalue weighted by Crippen LogP contribution is 2.04. The van der Waals surface area contributed by atoms with Gasteiger partial charge in [-0.1, -0.05) is 6.07 Å². The van der Waals surface area contributed by atoms with Gasteiger partial charge in [0.2, 0.25) is 5.96 Å². The van der Waals surface area contributed by atoms with Gasteiger partial charge in [0, 0.05) is 11.1 Å². The number of aliphatic imine (C=N–C) groups is 1. The average molecular weight is 153 g/mol. The van der Waals surface area contributed by atoms with Crippen LogP contribution in [0.5, 0.6) is 0 Å². The van der Waals surface area contributed by atoms with Crippen molar-refractivity contribution >= 4 is 23.5 Å². The summed E-state index contributed by atoms with van der Waals surface area (Å²) in [6.45, 7) is 0. The number of hydrogen-bond donors (Lipinski definition) is 2. The van der Waals surface area contributed by atoms with Gasteiger partial charge in [-0.25, -0.2) is 4.99 Å². The standard InChI is InChI=1S/C6H7N3S/c7-6(8)9-4-5-2-1-3-10-5/h1-4H,(H3,7,8). The molecule has 0 saturated heterocycles. The van der Waals surface area contributed by atoms with Gasteiger partial charge in [0.05, 0.1) is 0 Å². The summed E-state index contributed by atoms with van der Waals surface area (Å²) >= 11 is 1.56. The van der Waals surface area contributed by atoms with Crippen LogP contribution in [0.1, 0.15) is 4.88 Å². The summed E-state index contributed by atoms with van der Waals surface area (Å²) in [6, 6.07) is 3.84. The van der Waals surface area contributed by atoms with Gasteiger partial charge in [-0.15, -0.1) is 11.3 Å². The maximum atomic E-state index is 6.78. The fraction of sp³-hybridized carbons (Fsp3) is 0. The Morgan fingerprint density at radius 2 is 2.60 bits per heavy atom. The maximum absolute atomic E-state index is 6.78. The molecule has 1 rings (SSSR count). The number of nitrogens with two attached hydrogens (primary N) is 1. The molecule has 1 aromatic rings. The fourth-order valence-electron chi connectivity index (χ4n) is 0.498. The lowest BCUT2D eigenvalue weighted by Crippen LogP contribution is -2.05. The normalized spacial score (nSPS) is 10.4. The number of thiophene rings is 1. The predicted octanol–water partition coefficient (Wildman–Crippen LogP) is 1.06. The minimum absolute atomic E-state index is 0.159. The molecule has 0 atom stereocenters. The summed E-state index contributed by atoms with van der Waals surface area (Å²) in [4.78, 5) is 4.62. The topological polar surface area (TPSA) is 62.2 Å². The van der Waals surface area contributed by atoms with Crippen LogP contribution in [0.15, 0.2) is 22.5 Å². The molecule has 0 unspecified atom stereocenters. The van der Waals surface area contributed by atoms with Gasteiger partial charge in [0.15, 0.2) is 0 Å². The molecule has 0 saturated carbocycles. The average Bonchev–Trinajstić information content (AvgIpc) is 2.34. The van der Waals surface area contributed by atoms with Crippen molar-refractivity contribution in [2.45, 2.75) is 0 Å². The first-order valence-corrected chi connectivity index (χ1v) is 3.58. The van der Waals surface area contributed by atoms with Gasteiger partial charge in [0.1, 0.15) is 0 Å². The molecule has 1 heterocycles. The van der Waals surface area contributed by atoms with Crippen molar-refractivity contribution in [1.29, 1.82) is 5.41 Å². The molecule has 4 heteroatoms. The molecule has 0 spiro atoms. The summed E-state index contributed by atoms with van der Waals surface area (Å²) in [7, 11) is 0. The molecule has 3 N–H and O–H groups in total. The number of hydrogen-bond acceptors (Lipinski definition) is 2. The monoisotopic (exact) mass is 153 g/mol. The summed E-state index contributed by atoms with van der Waals surface area (Å²) in [6.07, 6.45) is 1.58. The molecule has 0 bridgehead atoms. The third kappa shape index (κ3) is 1.99. The summed E-state index contributed by atoms with van der Waals surface area (Å²) < 4.78 is 0. The van der Waals surface area contributed by atoms with Crippen molar-refractivity contribution in [2.75, 3.05) is 0 Å². The molecule has 0 amide bonds. The van der Waals surface area contributed by atoms with Crippen molar-refractivity contribution in [3.63, 3.8) is 0 Å². The fourth-order valence-corrected chi connectivity index (χ4v) is 1.08. The van der Waals surface area contributed by atoms with E-state index in [0.717, 1.165) is 4.88 Å². The molecule has 0 aliphatic carbocycles. The van der Waals surface area contributed by atoms with Crippen LogP contribution in [0.25, 0.3) is 0 Å². The first kappa shape index (κ1) is 6.95. The van der Waals surface area contributed by atoms with E-state index >= 15 is 0 Å². The minimum atomic E-state index is -0.159. The van der Waals surface area contributed by atoms with E-state index in [4.69, 9.17) is 11.1 Å². The van der Waals surface area contributed by atoms with E-state index in [9.17, 15) is 0 Å². The van der Waals surface area contributed by atoms with Gasteiger partial charge in [0.25, 0.3) is 0 Å². The highest BCUT2D eigenvalue weighted by molar-refractivity contribution is 7.11. The van der Waals surface area contributed by atoms with Crippen LogP contribution < -0.4 is 5.73 Å². The van der Waals surface area contributed by atoms with Crippen LogP contribution in [-0.4, -0.2) is 12.2 Å². The number of nitrogens with zero attached hydrogens (tertiary/aromatic N) is 1. The lowest BCUT2D eigenvalue weighted by molar-refractivity contribution is 1.39. The molecule has 0 aliphatic rings. The second-order valence-corrected chi connectivity index (χ2v) is 2.64. The number of nitrogens with one attached hydrogen (secondary N) is 1. The summed E-state index contributed by atoms with van der Waals surface area (Å²) in [5.41, 5.74) is 5.00. The SMILES string of the molecule is N=C(N)N=Cc1cccs1. The van der Waals surface area contributed by atoms with Gasteiger partial charge in [-0.05, 0) is 11.4 Å². The smallest absolute Gasteiger partial charge is 0.212 e. The number of guanidine groups is 1. The Kier molecular flexibility index (Phi) is 2.17. The maximum Gasteiger partial charge on any atom is 0.212 e. The van der Waals surface area contributed by atoms with E-state index in [2.05, 4.69) is 4.99 Å². The Balaban J connectivity index is 2.64. The first-order chi connectivity index (χ1) is 4.79. The van der Waals surface area contributed by atoms with E-state index < -0.39 is 0 Å². The molecule has 1 aromatic heterocycles. The van der Waals surface area contributed by atoms with Crippen molar-refractivity contribution in [2.24, 2.45) is 10.7 Å². The zero-order valence-corrected chi connectivity index (χ0v) is 6.06. The second-order valence-electron chi connectivity index (χ2n) is 1.66. The molecular weight excluding hydrogens is 146 g/mol. The highest BCUT2D eigenvalue weighted by atomic mass is 32.1. The molecular formula is C6H7N3S. The van der Waals surface area contributed by atoms with Gasteiger partial charge in [-0.2, -0.15) is 0 Å². The van der Waals surface area contributed by atoms with E-state index in [1.807, 2.05) is 17.5 Å². The predicted molar refractivity (Wildman–Crippen MR) is 43.8 cm³/mol. The summed E-state index contributed by atoms with van der Waals surface area (Å²) in [5, 5.41) is 8.73. The van der Waals surface area contributed by atoms with Gasteiger partial charge >= 0.3 is 0 Å². The van der Waals surface area contributed by atoms with Crippen molar-refractivity contribution in [3.8, 4) is 0 Å². The van der Waals surface area contributed by atoms with Crippen LogP contribution >= 0.6 is 11.3 Å². The van der Waals surface area contributed by atoms with E-state index in [-0.39, 0.29) is 5.96 Å². The van der Waals surface area contributed by atoms with Crippen LogP contribution in [0.4, 0.5) is 0 Å². The lowest BCUT2D eigenvalue weighted by atomic mass is 10.5. The van der Waals surface area contributed by atoms with Crippen LogP contribution in [0.2, 0.25) is 0 Å².